The van der Waals surface area contributed by atoms with Gasteiger partial charge in [-0.1, -0.05) is 6.07 Å². The molecule has 0 aliphatic carbocycles. The van der Waals surface area contributed by atoms with Gasteiger partial charge >= 0.3 is 0 Å². The Balaban J connectivity index is 2.27. The van der Waals surface area contributed by atoms with E-state index >= 15 is 0 Å². The molecular formula is C10H6BrN3S. The summed E-state index contributed by atoms with van der Waals surface area (Å²) >= 11 is 5.10. The lowest BCUT2D eigenvalue weighted by Crippen LogP contribution is -1.85. The Hall–Kier alpha value is -1.20. The van der Waals surface area contributed by atoms with E-state index in [0.717, 1.165) is 20.1 Å². The fourth-order valence-corrected chi connectivity index (χ4v) is 2.81. The van der Waals surface area contributed by atoms with Crippen LogP contribution in [-0.2, 0) is 0 Å². The summed E-state index contributed by atoms with van der Waals surface area (Å²) in [6, 6.07) is 9.93. The smallest absolute Gasteiger partial charge is 0.178 e. The Kier molecular flexibility index (Phi) is 2.07. The van der Waals surface area contributed by atoms with Crippen molar-refractivity contribution in [2.45, 2.75) is 0 Å². The predicted octanol–water partition coefficient (Wildman–Crippen LogP) is 3.22. The minimum atomic E-state index is 0.872. The van der Waals surface area contributed by atoms with E-state index in [9.17, 15) is 0 Å². The van der Waals surface area contributed by atoms with Crippen molar-refractivity contribution < 1.29 is 0 Å². The normalized spacial score (nSPS) is 11.0. The number of hydrogen-bond donors (Lipinski definition) is 0. The summed E-state index contributed by atoms with van der Waals surface area (Å²) in [4.78, 5) is 1.11. The second-order valence-electron chi connectivity index (χ2n) is 3.06. The molecule has 3 aromatic rings. The number of thiophene rings is 1. The van der Waals surface area contributed by atoms with Crippen molar-refractivity contribution in [3.8, 4) is 10.7 Å². The summed E-state index contributed by atoms with van der Waals surface area (Å²) < 4.78 is 3.09. The Labute approximate surface area is 98.5 Å². The van der Waals surface area contributed by atoms with Gasteiger partial charge in [0.1, 0.15) is 0 Å². The number of pyridine rings is 1. The maximum Gasteiger partial charge on any atom is 0.178 e. The van der Waals surface area contributed by atoms with E-state index in [1.54, 1.807) is 11.3 Å². The van der Waals surface area contributed by atoms with E-state index in [-0.39, 0.29) is 0 Å². The summed E-state index contributed by atoms with van der Waals surface area (Å²) in [6.07, 6.45) is 1.97. The molecule has 0 fully saturated rings. The van der Waals surface area contributed by atoms with Crippen molar-refractivity contribution in [2.75, 3.05) is 0 Å². The van der Waals surface area contributed by atoms with E-state index < -0.39 is 0 Å². The maximum absolute atomic E-state index is 4.18. The first-order valence-corrected chi connectivity index (χ1v) is 6.01. The average molecular weight is 280 g/mol. The third kappa shape index (κ3) is 1.48. The quantitative estimate of drug-likeness (QED) is 0.685. The van der Waals surface area contributed by atoms with Crippen LogP contribution < -0.4 is 0 Å². The van der Waals surface area contributed by atoms with Crippen molar-refractivity contribution in [3.63, 3.8) is 0 Å². The van der Waals surface area contributed by atoms with Gasteiger partial charge in [0.2, 0.25) is 0 Å². The van der Waals surface area contributed by atoms with Crippen molar-refractivity contribution in [1.29, 1.82) is 0 Å². The van der Waals surface area contributed by atoms with Gasteiger partial charge in [-0.15, -0.1) is 21.5 Å². The van der Waals surface area contributed by atoms with Gasteiger partial charge in [0.15, 0.2) is 11.5 Å². The highest BCUT2D eigenvalue weighted by Gasteiger charge is 2.08. The van der Waals surface area contributed by atoms with Crippen LogP contribution in [0.25, 0.3) is 16.3 Å². The van der Waals surface area contributed by atoms with E-state index in [2.05, 4.69) is 26.1 Å². The minimum Gasteiger partial charge on any atom is -0.282 e. The van der Waals surface area contributed by atoms with Crippen LogP contribution in [0.2, 0.25) is 0 Å². The lowest BCUT2D eigenvalue weighted by Gasteiger charge is -1.94. The molecule has 3 aromatic heterocycles. The second-order valence-corrected chi connectivity index (χ2v) is 5.52. The number of fused-ring (bicyclic) bond motifs is 1. The molecule has 0 spiro atoms. The molecule has 74 valence electrons. The highest BCUT2D eigenvalue weighted by molar-refractivity contribution is 9.11. The van der Waals surface area contributed by atoms with Crippen molar-refractivity contribution in [3.05, 3.63) is 40.3 Å². The SMILES string of the molecule is Brc1ccc(-c2nnc3ccccn23)s1. The molecule has 0 saturated heterocycles. The Morgan fingerprint density at radius 3 is 2.87 bits per heavy atom. The van der Waals surface area contributed by atoms with Gasteiger partial charge in [-0.3, -0.25) is 4.40 Å². The number of aromatic nitrogens is 3. The molecule has 0 amide bonds. The van der Waals surface area contributed by atoms with E-state index in [1.165, 1.54) is 0 Å². The molecule has 0 N–H and O–H groups in total. The van der Waals surface area contributed by atoms with Crippen molar-refractivity contribution in [1.82, 2.24) is 14.6 Å². The van der Waals surface area contributed by atoms with Crippen LogP contribution in [0.3, 0.4) is 0 Å². The summed E-state index contributed by atoms with van der Waals surface area (Å²) in [6.45, 7) is 0. The molecule has 0 bridgehead atoms. The lowest BCUT2D eigenvalue weighted by molar-refractivity contribution is 1.12. The Morgan fingerprint density at radius 1 is 1.13 bits per heavy atom. The topological polar surface area (TPSA) is 30.2 Å². The third-order valence-corrected chi connectivity index (χ3v) is 3.73. The first-order valence-electron chi connectivity index (χ1n) is 4.40. The summed E-state index contributed by atoms with van der Waals surface area (Å²) in [7, 11) is 0. The molecule has 5 heteroatoms. The fourth-order valence-electron chi connectivity index (χ4n) is 1.44. The van der Waals surface area contributed by atoms with Crippen LogP contribution in [0.5, 0.6) is 0 Å². The van der Waals surface area contributed by atoms with Crippen LogP contribution in [0.4, 0.5) is 0 Å². The molecule has 0 radical (unpaired) electrons. The second kappa shape index (κ2) is 3.43. The van der Waals surface area contributed by atoms with Crippen molar-refractivity contribution >= 4 is 32.9 Å². The van der Waals surface area contributed by atoms with Gasteiger partial charge < -0.3 is 0 Å². The number of rotatable bonds is 1. The average Bonchev–Trinajstić information content (AvgIpc) is 2.83. The molecule has 3 heterocycles. The van der Waals surface area contributed by atoms with Crippen LogP contribution >= 0.6 is 27.3 Å². The first kappa shape index (κ1) is 9.06. The van der Waals surface area contributed by atoms with Gasteiger partial charge in [-0.25, -0.2) is 0 Å². The molecular weight excluding hydrogens is 274 g/mol. The molecule has 0 unspecified atom stereocenters. The zero-order valence-electron chi connectivity index (χ0n) is 7.59. The molecule has 3 nitrogen and oxygen atoms in total. The van der Waals surface area contributed by atoms with Gasteiger partial charge in [0, 0.05) is 6.20 Å². The molecule has 0 atom stereocenters. The van der Waals surface area contributed by atoms with Gasteiger partial charge in [0.05, 0.1) is 8.66 Å². The number of halogens is 1. The Bertz CT molecular complexity index is 614. The largest absolute Gasteiger partial charge is 0.282 e. The van der Waals surface area contributed by atoms with Gasteiger partial charge in [-0.2, -0.15) is 0 Å². The third-order valence-electron chi connectivity index (χ3n) is 2.11. The molecule has 3 rings (SSSR count). The minimum absolute atomic E-state index is 0.872. The Morgan fingerprint density at radius 2 is 2.07 bits per heavy atom. The van der Waals surface area contributed by atoms with E-state index in [0.29, 0.717) is 0 Å². The highest BCUT2D eigenvalue weighted by Crippen LogP contribution is 2.30. The van der Waals surface area contributed by atoms with Crippen LogP contribution in [0, 0.1) is 0 Å². The molecule has 0 saturated carbocycles. The van der Waals surface area contributed by atoms with E-state index in [1.807, 2.05) is 40.9 Å². The zero-order valence-corrected chi connectivity index (χ0v) is 9.99. The first-order chi connectivity index (χ1) is 7.34. The predicted molar refractivity (Wildman–Crippen MR) is 64.0 cm³/mol. The maximum atomic E-state index is 4.18. The number of nitrogens with zero attached hydrogens (tertiary/aromatic N) is 3. The van der Waals surface area contributed by atoms with Gasteiger partial charge in [-0.05, 0) is 40.2 Å². The fraction of sp³-hybridized carbons (Fsp3) is 0. The molecule has 0 aliphatic heterocycles. The van der Waals surface area contributed by atoms with Gasteiger partial charge in [0.25, 0.3) is 0 Å². The van der Waals surface area contributed by atoms with Crippen molar-refractivity contribution in [2.24, 2.45) is 0 Å². The molecule has 0 aromatic carbocycles. The van der Waals surface area contributed by atoms with Crippen LogP contribution in [0.15, 0.2) is 40.3 Å². The molecule has 15 heavy (non-hydrogen) atoms. The zero-order chi connectivity index (χ0) is 10.3. The van der Waals surface area contributed by atoms with Crippen LogP contribution in [-0.4, -0.2) is 14.6 Å². The van der Waals surface area contributed by atoms with Crippen LogP contribution in [0.1, 0.15) is 0 Å². The summed E-state index contributed by atoms with van der Waals surface area (Å²) in [5.41, 5.74) is 0.872. The summed E-state index contributed by atoms with van der Waals surface area (Å²) in [5.74, 6) is 0.890. The standard InChI is InChI=1S/C10H6BrN3S/c11-8-5-4-7(15-8)10-13-12-9-3-1-2-6-14(9)10/h1-6H. The highest BCUT2D eigenvalue weighted by atomic mass is 79.9. The monoisotopic (exact) mass is 279 g/mol. The lowest BCUT2D eigenvalue weighted by atomic mass is 10.4. The summed E-state index contributed by atoms with van der Waals surface area (Å²) in [5, 5.41) is 8.29. The molecule has 0 aliphatic rings. The number of hydrogen-bond acceptors (Lipinski definition) is 3. The van der Waals surface area contributed by atoms with E-state index in [4.69, 9.17) is 0 Å².